The highest BCUT2D eigenvalue weighted by Crippen LogP contribution is 2.39. The lowest BCUT2D eigenvalue weighted by atomic mass is 9.89. The molecule has 0 spiro atoms. The lowest BCUT2D eigenvalue weighted by Gasteiger charge is -2.17. The number of benzene rings is 1. The third kappa shape index (κ3) is 4.65. The first-order valence-corrected chi connectivity index (χ1v) is 10.5. The highest BCUT2D eigenvalue weighted by atomic mass is 32.2. The summed E-state index contributed by atoms with van der Waals surface area (Å²) in [7, 11) is 0. The first kappa shape index (κ1) is 18.0. The van der Waals surface area contributed by atoms with Crippen LogP contribution in [0.15, 0.2) is 35.2 Å². The van der Waals surface area contributed by atoms with Crippen LogP contribution in [0.2, 0.25) is 0 Å². The molecule has 0 saturated heterocycles. The second-order valence-electron chi connectivity index (χ2n) is 6.48. The Kier molecular flexibility index (Phi) is 6.17. The first-order valence-electron chi connectivity index (χ1n) is 8.69. The molecule has 0 fully saturated rings. The van der Waals surface area contributed by atoms with Crippen molar-refractivity contribution in [2.45, 2.75) is 43.9 Å². The molecule has 0 saturated carbocycles. The summed E-state index contributed by atoms with van der Waals surface area (Å²) in [6.45, 7) is 2.25. The second-order valence-corrected chi connectivity index (χ2v) is 8.75. The Morgan fingerprint density at radius 1 is 1.40 bits per heavy atom. The molecule has 1 N–H and O–H groups in total. The van der Waals surface area contributed by atoms with Gasteiger partial charge in [-0.2, -0.15) is 5.26 Å². The monoisotopic (exact) mass is 370 g/mol. The third-order valence-corrected chi connectivity index (χ3v) is 6.70. The number of hydrogen-bond donors (Lipinski definition) is 1. The average Bonchev–Trinajstić information content (AvgIpc) is 2.95. The summed E-state index contributed by atoms with van der Waals surface area (Å²) in [6.07, 6.45) is 4.43. The minimum Gasteiger partial charge on any atom is -0.317 e. The number of nitrogens with zero attached hydrogens (tertiary/aromatic N) is 1. The summed E-state index contributed by atoms with van der Waals surface area (Å²) in [5, 5.41) is 13.2. The number of anilines is 1. The molecule has 3 nitrogen and oxygen atoms in total. The molecule has 1 aliphatic rings. The number of rotatable bonds is 6. The van der Waals surface area contributed by atoms with E-state index in [-0.39, 0.29) is 5.91 Å². The SMILES string of the molecule is CC1CCc2c(sc(NC(=O)CCCSc3ccccc3)c2C#N)C1. The largest absolute Gasteiger partial charge is 0.317 e. The maximum absolute atomic E-state index is 12.2. The van der Waals surface area contributed by atoms with Crippen molar-refractivity contribution in [1.82, 2.24) is 0 Å². The van der Waals surface area contributed by atoms with Crippen LogP contribution in [0, 0.1) is 17.2 Å². The second kappa shape index (κ2) is 8.55. The van der Waals surface area contributed by atoms with Crippen LogP contribution in [0.1, 0.15) is 42.2 Å². The topological polar surface area (TPSA) is 52.9 Å². The van der Waals surface area contributed by atoms with Gasteiger partial charge in [-0.05, 0) is 55.1 Å². The van der Waals surface area contributed by atoms with Crippen LogP contribution in [-0.2, 0) is 17.6 Å². The Bertz CT molecular complexity index is 777. The third-order valence-electron chi connectivity index (χ3n) is 4.44. The van der Waals surface area contributed by atoms with E-state index in [4.69, 9.17) is 0 Å². The molecule has 1 aromatic carbocycles. The van der Waals surface area contributed by atoms with Gasteiger partial charge in [0.2, 0.25) is 5.91 Å². The normalized spacial score (nSPS) is 16.1. The molecule has 130 valence electrons. The molecule has 2 aromatic rings. The van der Waals surface area contributed by atoms with Crippen molar-refractivity contribution in [2.24, 2.45) is 5.92 Å². The van der Waals surface area contributed by atoms with Gasteiger partial charge >= 0.3 is 0 Å². The Hall–Kier alpha value is -1.77. The molecule has 0 radical (unpaired) electrons. The number of nitriles is 1. The van der Waals surface area contributed by atoms with Crippen molar-refractivity contribution < 1.29 is 4.79 Å². The molecule has 1 aliphatic carbocycles. The molecule has 1 amide bonds. The molecular formula is C20H22N2OS2. The van der Waals surface area contributed by atoms with E-state index in [1.54, 1.807) is 23.1 Å². The summed E-state index contributed by atoms with van der Waals surface area (Å²) in [5.74, 6) is 1.59. The summed E-state index contributed by atoms with van der Waals surface area (Å²) in [6, 6.07) is 12.5. The van der Waals surface area contributed by atoms with Gasteiger partial charge in [-0.25, -0.2) is 0 Å². The van der Waals surface area contributed by atoms with E-state index >= 15 is 0 Å². The van der Waals surface area contributed by atoms with Gasteiger partial charge in [-0.1, -0.05) is 25.1 Å². The van der Waals surface area contributed by atoms with Crippen molar-refractivity contribution in [2.75, 3.05) is 11.1 Å². The molecule has 1 unspecified atom stereocenters. The van der Waals surface area contributed by atoms with Crippen molar-refractivity contribution in [3.8, 4) is 6.07 Å². The minimum absolute atomic E-state index is 0.0109. The zero-order chi connectivity index (χ0) is 17.6. The van der Waals surface area contributed by atoms with Crippen LogP contribution in [0.5, 0.6) is 0 Å². The zero-order valence-electron chi connectivity index (χ0n) is 14.4. The summed E-state index contributed by atoms with van der Waals surface area (Å²) >= 11 is 3.36. The standard InChI is InChI=1S/C20H22N2OS2/c1-14-9-10-16-17(13-21)20(25-18(16)12-14)22-19(23)8-5-11-24-15-6-3-2-4-7-15/h2-4,6-7,14H,5,8-12H2,1H3,(H,22,23). The highest BCUT2D eigenvalue weighted by Gasteiger charge is 2.24. The molecule has 5 heteroatoms. The van der Waals surface area contributed by atoms with E-state index in [0.717, 1.165) is 36.4 Å². The number of nitrogens with one attached hydrogen (secondary N) is 1. The minimum atomic E-state index is 0.0109. The van der Waals surface area contributed by atoms with Gasteiger partial charge in [-0.3, -0.25) is 4.79 Å². The molecule has 1 aromatic heterocycles. The van der Waals surface area contributed by atoms with E-state index in [2.05, 4.69) is 30.4 Å². The van der Waals surface area contributed by atoms with Crippen LogP contribution < -0.4 is 5.32 Å². The number of thiophene rings is 1. The average molecular weight is 371 g/mol. The maximum Gasteiger partial charge on any atom is 0.225 e. The first-order chi connectivity index (χ1) is 12.2. The van der Waals surface area contributed by atoms with Crippen LogP contribution in [0.3, 0.4) is 0 Å². The number of amides is 1. The quantitative estimate of drug-likeness (QED) is 0.558. The molecule has 1 atom stereocenters. The lowest BCUT2D eigenvalue weighted by molar-refractivity contribution is -0.116. The van der Waals surface area contributed by atoms with Crippen molar-refractivity contribution in [3.05, 3.63) is 46.3 Å². The van der Waals surface area contributed by atoms with Gasteiger partial charge in [0.15, 0.2) is 0 Å². The Balaban J connectivity index is 1.52. The fourth-order valence-electron chi connectivity index (χ4n) is 3.09. The van der Waals surface area contributed by atoms with Gasteiger partial charge in [0.1, 0.15) is 11.1 Å². The number of fused-ring (bicyclic) bond motifs is 1. The van der Waals surface area contributed by atoms with E-state index in [1.165, 1.54) is 15.3 Å². The van der Waals surface area contributed by atoms with Crippen LogP contribution >= 0.6 is 23.1 Å². The number of thioether (sulfide) groups is 1. The Morgan fingerprint density at radius 2 is 2.20 bits per heavy atom. The molecule has 0 aliphatic heterocycles. The van der Waals surface area contributed by atoms with E-state index < -0.39 is 0 Å². The van der Waals surface area contributed by atoms with Crippen LogP contribution in [-0.4, -0.2) is 11.7 Å². The smallest absolute Gasteiger partial charge is 0.225 e. The molecule has 3 rings (SSSR count). The fourth-order valence-corrected chi connectivity index (χ4v) is 5.34. The fraction of sp³-hybridized carbons (Fsp3) is 0.400. The van der Waals surface area contributed by atoms with Crippen LogP contribution in [0.4, 0.5) is 5.00 Å². The Labute approximate surface area is 157 Å². The Morgan fingerprint density at radius 3 is 2.96 bits per heavy atom. The zero-order valence-corrected chi connectivity index (χ0v) is 16.0. The number of hydrogen-bond acceptors (Lipinski definition) is 4. The van der Waals surface area contributed by atoms with E-state index in [0.29, 0.717) is 17.9 Å². The summed E-state index contributed by atoms with van der Waals surface area (Å²) < 4.78 is 0. The number of carbonyl (C=O) groups excluding carboxylic acids is 1. The molecular weight excluding hydrogens is 348 g/mol. The summed E-state index contributed by atoms with van der Waals surface area (Å²) in [5.41, 5.74) is 1.86. The van der Waals surface area contributed by atoms with Gasteiger partial charge in [0.25, 0.3) is 0 Å². The summed E-state index contributed by atoms with van der Waals surface area (Å²) in [4.78, 5) is 14.8. The van der Waals surface area contributed by atoms with Gasteiger partial charge in [0, 0.05) is 16.2 Å². The predicted molar refractivity (Wildman–Crippen MR) is 105 cm³/mol. The van der Waals surface area contributed by atoms with Crippen molar-refractivity contribution in [1.29, 1.82) is 5.26 Å². The van der Waals surface area contributed by atoms with E-state index in [9.17, 15) is 10.1 Å². The molecule has 0 bridgehead atoms. The predicted octanol–water partition coefficient (Wildman–Crippen LogP) is 5.26. The molecule has 25 heavy (non-hydrogen) atoms. The van der Waals surface area contributed by atoms with Gasteiger partial charge in [-0.15, -0.1) is 23.1 Å². The highest BCUT2D eigenvalue weighted by molar-refractivity contribution is 7.99. The van der Waals surface area contributed by atoms with Crippen molar-refractivity contribution in [3.63, 3.8) is 0 Å². The lowest BCUT2D eigenvalue weighted by Crippen LogP contribution is -2.12. The molecule has 1 heterocycles. The maximum atomic E-state index is 12.2. The van der Waals surface area contributed by atoms with Crippen molar-refractivity contribution >= 4 is 34.0 Å². The number of carbonyl (C=O) groups is 1. The van der Waals surface area contributed by atoms with Gasteiger partial charge < -0.3 is 5.32 Å². The van der Waals surface area contributed by atoms with E-state index in [1.807, 2.05) is 18.2 Å². The van der Waals surface area contributed by atoms with Gasteiger partial charge in [0.05, 0.1) is 5.56 Å². The van der Waals surface area contributed by atoms with Crippen LogP contribution in [0.25, 0.3) is 0 Å².